The zero-order valence-electron chi connectivity index (χ0n) is 10.2. The summed E-state index contributed by atoms with van der Waals surface area (Å²) in [6.45, 7) is 4.69. The van der Waals surface area contributed by atoms with Crippen molar-refractivity contribution >= 4 is 0 Å². The molecule has 0 heteroatoms. The third-order valence-electron chi connectivity index (χ3n) is 3.98. The predicted molar refractivity (Wildman–Crippen MR) is 64.5 cm³/mol. The van der Waals surface area contributed by atoms with Gasteiger partial charge in [0.1, 0.15) is 0 Å². The van der Waals surface area contributed by atoms with Crippen LogP contribution in [0.25, 0.3) is 0 Å². The van der Waals surface area contributed by atoms with Gasteiger partial charge in [0.2, 0.25) is 0 Å². The maximum absolute atomic E-state index is 2.39. The second-order valence-electron chi connectivity index (χ2n) is 5.30. The molecule has 1 aliphatic rings. The van der Waals surface area contributed by atoms with E-state index in [1.54, 1.807) is 0 Å². The van der Waals surface area contributed by atoms with E-state index in [4.69, 9.17) is 0 Å². The van der Waals surface area contributed by atoms with Crippen LogP contribution in [0.2, 0.25) is 0 Å². The van der Waals surface area contributed by atoms with Gasteiger partial charge in [-0.05, 0) is 11.8 Å². The smallest absolute Gasteiger partial charge is 0.0414 e. The Morgan fingerprint density at radius 2 is 1.79 bits per heavy atom. The molecule has 0 amide bonds. The summed E-state index contributed by atoms with van der Waals surface area (Å²) < 4.78 is 0. The highest BCUT2D eigenvalue weighted by Crippen LogP contribution is 2.29. The molecule has 0 aromatic carbocycles. The fourth-order valence-electron chi connectivity index (χ4n) is 2.61. The van der Waals surface area contributed by atoms with Crippen molar-refractivity contribution in [2.45, 2.75) is 78.1 Å². The second-order valence-corrected chi connectivity index (χ2v) is 5.30. The summed E-state index contributed by atoms with van der Waals surface area (Å²) >= 11 is 0. The Labute approximate surface area is 90.5 Å². The van der Waals surface area contributed by atoms with Gasteiger partial charge in [0.05, 0.1) is 0 Å². The van der Waals surface area contributed by atoms with Crippen molar-refractivity contribution in [1.29, 1.82) is 0 Å². The van der Waals surface area contributed by atoms with E-state index in [0.717, 1.165) is 11.8 Å². The summed E-state index contributed by atoms with van der Waals surface area (Å²) in [6, 6.07) is 0. The maximum atomic E-state index is 2.39. The topological polar surface area (TPSA) is 0 Å². The molecule has 0 bridgehead atoms. The van der Waals surface area contributed by atoms with Gasteiger partial charge in [0, 0.05) is 0 Å². The van der Waals surface area contributed by atoms with E-state index in [1.807, 2.05) is 0 Å². The van der Waals surface area contributed by atoms with Gasteiger partial charge in [-0.15, -0.1) is 0 Å². The van der Waals surface area contributed by atoms with Crippen LogP contribution >= 0.6 is 0 Å². The van der Waals surface area contributed by atoms with Crippen molar-refractivity contribution in [2.75, 3.05) is 0 Å². The van der Waals surface area contributed by atoms with Crippen LogP contribution in [0.15, 0.2) is 0 Å². The quantitative estimate of drug-likeness (QED) is 0.493. The lowest BCUT2D eigenvalue weighted by molar-refractivity contribution is 0.437. The Morgan fingerprint density at radius 1 is 1.07 bits per heavy atom. The van der Waals surface area contributed by atoms with Gasteiger partial charge in [-0.3, -0.25) is 0 Å². The molecular formula is C14H28. The molecule has 0 radical (unpaired) electrons. The fraction of sp³-hybridized carbons (Fsp3) is 1.00. The standard InChI is InChI=1S/C14H28/c1-3-13(2)9-5-4-6-10-14-11-7-8-12-14/h13-14H,3-12H2,1-2H3. The Kier molecular flexibility index (Phi) is 6.31. The van der Waals surface area contributed by atoms with Crippen molar-refractivity contribution in [3.8, 4) is 0 Å². The van der Waals surface area contributed by atoms with E-state index in [2.05, 4.69) is 13.8 Å². The van der Waals surface area contributed by atoms with Crippen LogP contribution in [0.4, 0.5) is 0 Å². The minimum Gasteiger partial charge on any atom is -0.0651 e. The van der Waals surface area contributed by atoms with E-state index in [1.165, 1.54) is 64.2 Å². The Bertz CT molecular complexity index is 122. The van der Waals surface area contributed by atoms with Crippen LogP contribution in [0.1, 0.15) is 78.1 Å². The highest BCUT2D eigenvalue weighted by Gasteiger charge is 2.13. The van der Waals surface area contributed by atoms with Gasteiger partial charge in [-0.25, -0.2) is 0 Å². The molecule has 0 nitrogen and oxygen atoms in total. The zero-order chi connectivity index (χ0) is 10.2. The average molecular weight is 196 g/mol. The number of hydrogen-bond donors (Lipinski definition) is 0. The molecule has 1 fully saturated rings. The van der Waals surface area contributed by atoms with Crippen LogP contribution in [-0.2, 0) is 0 Å². The molecule has 0 aromatic heterocycles. The Hall–Kier alpha value is 0. The van der Waals surface area contributed by atoms with Crippen molar-refractivity contribution in [2.24, 2.45) is 11.8 Å². The molecule has 0 heterocycles. The lowest BCUT2D eigenvalue weighted by atomic mass is 9.97. The van der Waals surface area contributed by atoms with Crippen LogP contribution < -0.4 is 0 Å². The second kappa shape index (κ2) is 7.31. The Balaban J connectivity index is 1.84. The van der Waals surface area contributed by atoms with E-state index >= 15 is 0 Å². The molecule has 84 valence electrons. The van der Waals surface area contributed by atoms with Crippen LogP contribution in [0.3, 0.4) is 0 Å². The normalized spacial score (nSPS) is 20.1. The highest BCUT2D eigenvalue weighted by atomic mass is 14.2. The van der Waals surface area contributed by atoms with Gasteiger partial charge >= 0.3 is 0 Å². The number of rotatable bonds is 7. The van der Waals surface area contributed by atoms with Crippen molar-refractivity contribution in [1.82, 2.24) is 0 Å². The fourth-order valence-corrected chi connectivity index (χ4v) is 2.61. The van der Waals surface area contributed by atoms with E-state index in [9.17, 15) is 0 Å². The van der Waals surface area contributed by atoms with Gasteiger partial charge in [0.25, 0.3) is 0 Å². The molecule has 0 saturated heterocycles. The minimum atomic E-state index is 0.960. The van der Waals surface area contributed by atoms with Gasteiger partial charge in [-0.2, -0.15) is 0 Å². The first-order valence-corrected chi connectivity index (χ1v) is 6.83. The largest absolute Gasteiger partial charge is 0.0651 e. The third kappa shape index (κ3) is 5.02. The monoisotopic (exact) mass is 196 g/mol. The van der Waals surface area contributed by atoms with Crippen molar-refractivity contribution in [3.63, 3.8) is 0 Å². The molecule has 1 atom stereocenters. The van der Waals surface area contributed by atoms with Crippen LogP contribution in [0.5, 0.6) is 0 Å². The molecule has 1 aliphatic carbocycles. The van der Waals surface area contributed by atoms with Crippen LogP contribution in [-0.4, -0.2) is 0 Å². The lowest BCUT2D eigenvalue weighted by Gasteiger charge is -2.10. The molecule has 1 unspecified atom stereocenters. The highest BCUT2D eigenvalue weighted by molar-refractivity contribution is 4.67. The first kappa shape index (κ1) is 12.1. The van der Waals surface area contributed by atoms with E-state index < -0.39 is 0 Å². The SMILES string of the molecule is CCC(C)CCCCCC1CCCC1. The molecule has 1 saturated carbocycles. The summed E-state index contributed by atoms with van der Waals surface area (Å²) in [7, 11) is 0. The summed E-state index contributed by atoms with van der Waals surface area (Å²) in [5.74, 6) is 2.07. The molecule has 0 spiro atoms. The maximum Gasteiger partial charge on any atom is -0.0414 e. The molecule has 0 aromatic rings. The summed E-state index contributed by atoms with van der Waals surface area (Å²) in [5, 5.41) is 0. The number of unbranched alkanes of at least 4 members (excludes halogenated alkanes) is 2. The van der Waals surface area contributed by atoms with Crippen molar-refractivity contribution in [3.05, 3.63) is 0 Å². The number of hydrogen-bond acceptors (Lipinski definition) is 0. The van der Waals surface area contributed by atoms with E-state index in [0.29, 0.717) is 0 Å². The molecule has 14 heavy (non-hydrogen) atoms. The first-order valence-electron chi connectivity index (χ1n) is 6.83. The van der Waals surface area contributed by atoms with Crippen molar-refractivity contribution < 1.29 is 0 Å². The van der Waals surface area contributed by atoms with Gasteiger partial charge in [-0.1, -0.05) is 78.1 Å². The molecule has 0 aliphatic heterocycles. The average Bonchev–Trinajstić information content (AvgIpc) is 2.69. The van der Waals surface area contributed by atoms with Gasteiger partial charge in [0.15, 0.2) is 0 Å². The predicted octanol–water partition coefficient (Wildman–Crippen LogP) is 5.17. The van der Waals surface area contributed by atoms with Crippen LogP contribution in [0, 0.1) is 11.8 Å². The zero-order valence-corrected chi connectivity index (χ0v) is 10.2. The molecular weight excluding hydrogens is 168 g/mol. The molecule has 1 rings (SSSR count). The summed E-state index contributed by atoms with van der Waals surface area (Å²) in [5.41, 5.74) is 0. The summed E-state index contributed by atoms with van der Waals surface area (Å²) in [6.07, 6.45) is 14.9. The summed E-state index contributed by atoms with van der Waals surface area (Å²) in [4.78, 5) is 0. The minimum absolute atomic E-state index is 0.960. The first-order chi connectivity index (χ1) is 6.83. The lowest BCUT2D eigenvalue weighted by Crippen LogP contribution is -1.94. The Morgan fingerprint density at radius 3 is 2.43 bits per heavy atom. The third-order valence-corrected chi connectivity index (χ3v) is 3.98. The van der Waals surface area contributed by atoms with Gasteiger partial charge < -0.3 is 0 Å². The molecule has 0 N–H and O–H groups in total. The van der Waals surface area contributed by atoms with E-state index in [-0.39, 0.29) is 0 Å².